The predicted octanol–water partition coefficient (Wildman–Crippen LogP) is 4.49. The number of ketones is 1. The Morgan fingerprint density at radius 3 is 2.44 bits per heavy atom. The smallest absolute Gasteiger partial charge is 0.281 e. The van der Waals surface area contributed by atoms with E-state index in [0.29, 0.717) is 5.92 Å². The van der Waals surface area contributed by atoms with E-state index in [0.717, 1.165) is 29.7 Å². The highest BCUT2D eigenvalue weighted by Crippen LogP contribution is 2.52. The van der Waals surface area contributed by atoms with Gasteiger partial charge in [-0.15, -0.1) is 0 Å². The van der Waals surface area contributed by atoms with Gasteiger partial charge < -0.3 is 14.4 Å². The van der Waals surface area contributed by atoms with E-state index in [2.05, 4.69) is 17.0 Å². The van der Waals surface area contributed by atoms with E-state index < -0.39 is 12.0 Å². The molecule has 1 aliphatic carbocycles. The minimum Gasteiger partial charge on any atom is -0.332 e. The molecule has 2 heterocycles. The first-order valence-electron chi connectivity index (χ1n) is 9.97. The Balaban J connectivity index is 1.72. The van der Waals surface area contributed by atoms with Crippen LogP contribution in [0.4, 0.5) is 5.69 Å². The number of carbonyl (C=O) groups is 1. The van der Waals surface area contributed by atoms with Crippen molar-refractivity contribution in [2.45, 2.75) is 50.2 Å². The van der Waals surface area contributed by atoms with Crippen molar-refractivity contribution < 1.29 is 14.3 Å². The first kappa shape index (κ1) is 17.0. The molecule has 0 N–H and O–H groups in total. The number of hydrogen-bond donors (Lipinski definition) is 0. The molecule has 3 atom stereocenters. The van der Waals surface area contributed by atoms with Gasteiger partial charge in [-0.1, -0.05) is 61.7 Å². The van der Waals surface area contributed by atoms with Crippen LogP contribution in [0.1, 0.15) is 48.0 Å². The van der Waals surface area contributed by atoms with Gasteiger partial charge in [-0.25, -0.2) is 0 Å². The Hall–Kier alpha value is -2.17. The molecule has 0 aromatic heterocycles. The third kappa shape index (κ3) is 2.40. The Morgan fingerprint density at radius 1 is 1.00 bits per heavy atom. The van der Waals surface area contributed by atoms with Gasteiger partial charge in [-0.05, 0) is 30.9 Å². The molecule has 27 heavy (non-hydrogen) atoms. The van der Waals surface area contributed by atoms with Crippen molar-refractivity contribution >= 4 is 11.5 Å². The summed E-state index contributed by atoms with van der Waals surface area (Å²) in [5.74, 6) is -0.523. The first-order valence-corrected chi connectivity index (χ1v) is 9.97. The number of methoxy groups -OCH3 is 1. The topological polar surface area (TPSA) is 38.8 Å². The second-order valence-electron chi connectivity index (χ2n) is 7.83. The van der Waals surface area contributed by atoms with Gasteiger partial charge in [0, 0.05) is 23.9 Å². The molecule has 0 unspecified atom stereocenters. The first-order chi connectivity index (χ1) is 13.3. The number of ether oxygens (including phenoxy) is 2. The second-order valence-corrected chi connectivity index (χ2v) is 7.83. The van der Waals surface area contributed by atoms with Gasteiger partial charge in [-0.2, -0.15) is 0 Å². The van der Waals surface area contributed by atoms with Crippen LogP contribution in [0, 0.1) is 5.92 Å². The number of para-hydroxylation sites is 1. The zero-order valence-electron chi connectivity index (χ0n) is 15.6. The number of Topliss-reactive ketones (excluding diaryl/α,β-unsaturated/α-hetero) is 1. The summed E-state index contributed by atoms with van der Waals surface area (Å²) in [5, 5.41) is 0. The molecule has 4 heteroatoms. The monoisotopic (exact) mass is 363 g/mol. The molecule has 4 nitrogen and oxygen atoms in total. The van der Waals surface area contributed by atoms with Crippen LogP contribution in [0.15, 0.2) is 54.6 Å². The van der Waals surface area contributed by atoms with Crippen molar-refractivity contribution in [2.24, 2.45) is 5.92 Å². The number of benzene rings is 2. The summed E-state index contributed by atoms with van der Waals surface area (Å²) < 4.78 is 12.5. The van der Waals surface area contributed by atoms with Crippen molar-refractivity contribution in [1.29, 1.82) is 0 Å². The lowest BCUT2D eigenvalue weighted by atomic mass is 9.80. The molecular formula is C23H25NO3. The highest BCUT2D eigenvalue weighted by Gasteiger charge is 2.63. The van der Waals surface area contributed by atoms with Crippen LogP contribution in [-0.4, -0.2) is 25.0 Å². The fraction of sp³-hybridized carbons (Fsp3) is 0.435. The lowest BCUT2D eigenvalue weighted by molar-refractivity contribution is -0.215. The quantitative estimate of drug-likeness (QED) is 0.805. The number of hydrogen-bond acceptors (Lipinski definition) is 4. The molecule has 0 amide bonds. The summed E-state index contributed by atoms with van der Waals surface area (Å²) in [5.41, 5.74) is 2.59. The zero-order chi connectivity index (χ0) is 18.4. The summed E-state index contributed by atoms with van der Waals surface area (Å²) in [7, 11) is 1.68. The van der Waals surface area contributed by atoms with Crippen LogP contribution in [-0.2, 0) is 15.4 Å². The molecule has 3 aliphatic rings. The Bertz CT molecular complexity index is 846. The summed E-state index contributed by atoms with van der Waals surface area (Å²) in [4.78, 5) is 15.6. The maximum Gasteiger partial charge on any atom is 0.281 e. The maximum atomic E-state index is 13.4. The number of nitrogens with zero attached hydrogens (tertiary/aromatic N) is 1. The Labute approximate surface area is 160 Å². The van der Waals surface area contributed by atoms with Crippen molar-refractivity contribution in [3.05, 3.63) is 65.7 Å². The summed E-state index contributed by atoms with van der Waals surface area (Å²) in [6.07, 6.45) is 5.51. The molecule has 2 bridgehead atoms. The highest BCUT2D eigenvalue weighted by molar-refractivity contribution is 6.04. The van der Waals surface area contributed by atoms with E-state index >= 15 is 0 Å². The van der Waals surface area contributed by atoms with Gasteiger partial charge >= 0.3 is 0 Å². The minimum absolute atomic E-state index is 0.00690. The molecule has 2 aromatic carbocycles. The predicted molar refractivity (Wildman–Crippen MR) is 104 cm³/mol. The van der Waals surface area contributed by atoms with Gasteiger partial charge in [0.05, 0.1) is 6.04 Å². The lowest BCUT2D eigenvalue weighted by Gasteiger charge is -2.42. The van der Waals surface area contributed by atoms with Crippen molar-refractivity contribution in [2.75, 3.05) is 12.0 Å². The third-order valence-electron chi connectivity index (χ3n) is 6.45. The van der Waals surface area contributed by atoms with Crippen LogP contribution in [0.2, 0.25) is 0 Å². The number of fused-ring (bicyclic) bond motifs is 4. The van der Waals surface area contributed by atoms with Gasteiger partial charge in [0.15, 0.2) is 5.78 Å². The molecule has 1 saturated heterocycles. The van der Waals surface area contributed by atoms with Crippen LogP contribution < -0.4 is 4.90 Å². The summed E-state index contributed by atoms with van der Waals surface area (Å²) >= 11 is 0. The Morgan fingerprint density at radius 2 is 1.70 bits per heavy atom. The van der Waals surface area contributed by atoms with Gasteiger partial charge in [0.25, 0.3) is 5.91 Å². The Kier molecular flexibility index (Phi) is 4.06. The lowest BCUT2D eigenvalue weighted by Crippen LogP contribution is -2.50. The fourth-order valence-electron chi connectivity index (χ4n) is 5.28. The normalized spacial score (nSPS) is 30.4. The van der Waals surface area contributed by atoms with E-state index in [-0.39, 0.29) is 11.8 Å². The van der Waals surface area contributed by atoms with Crippen LogP contribution in [0.25, 0.3) is 0 Å². The average Bonchev–Trinajstić information content (AvgIpc) is 3.07. The SMILES string of the molecule is CO[C@@]12O[C@@H](C(=O)c3ccccc31)[C@@H](C1CCCCC1)N2c1ccccc1. The minimum atomic E-state index is -1.04. The standard InChI is InChI=1S/C23H25NO3/c1-26-23-19-15-9-8-14-18(19)21(25)22(27-23)20(16-10-4-2-5-11-16)24(23)17-12-6-3-7-13-17/h3,6-9,12-16,20,22H,2,4-5,10-11H2,1H3/t20-,22-,23-/m1/s1. The molecule has 2 fully saturated rings. The summed E-state index contributed by atoms with van der Waals surface area (Å²) in [6.45, 7) is 0. The average molecular weight is 363 g/mol. The maximum absolute atomic E-state index is 13.4. The number of anilines is 1. The molecule has 2 aliphatic heterocycles. The molecule has 0 spiro atoms. The highest BCUT2D eigenvalue weighted by atomic mass is 16.7. The van der Waals surface area contributed by atoms with Crippen molar-refractivity contribution in [1.82, 2.24) is 0 Å². The third-order valence-corrected chi connectivity index (χ3v) is 6.45. The van der Waals surface area contributed by atoms with Crippen LogP contribution >= 0.6 is 0 Å². The molecule has 1 saturated carbocycles. The van der Waals surface area contributed by atoms with E-state index in [1.54, 1.807) is 7.11 Å². The number of rotatable bonds is 3. The fourth-order valence-corrected chi connectivity index (χ4v) is 5.28. The van der Waals surface area contributed by atoms with E-state index in [9.17, 15) is 4.79 Å². The van der Waals surface area contributed by atoms with Gasteiger partial charge in [0.2, 0.25) is 0 Å². The van der Waals surface area contributed by atoms with E-state index in [1.165, 1.54) is 19.3 Å². The van der Waals surface area contributed by atoms with Crippen molar-refractivity contribution in [3.63, 3.8) is 0 Å². The molecule has 140 valence electrons. The van der Waals surface area contributed by atoms with Crippen LogP contribution in [0.3, 0.4) is 0 Å². The van der Waals surface area contributed by atoms with E-state index in [4.69, 9.17) is 9.47 Å². The van der Waals surface area contributed by atoms with Gasteiger partial charge in [-0.3, -0.25) is 4.79 Å². The van der Waals surface area contributed by atoms with Gasteiger partial charge in [0.1, 0.15) is 6.10 Å². The molecular weight excluding hydrogens is 338 g/mol. The van der Waals surface area contributed by atoms with Crippen LogP contribution in [0.5, 0.6) is 0 Å². The largest absolute Gasteiger partial charge is 0.332 e. The molecule has 2 aromatic rings. The summed E-state index contributed by atoms with van der Waals surface area (Å²) in [6, 6.07) is 18.0. The second kappa shape index (κ2) is 6.47. The van der Waals surface area contributed by atoms with E-state index in [1.807, 2.05) is 42.5 Å². The van der Waals surface area contributed by atoms with Crippen molar-refractivity contribution in [3.8, 4) is 0 Å². The molecule has 5 rings (SSSR count). The molecule has 0 radical (unpaired) electrons. The zero-order valence-corrected chi connectivity index (χ0v) is 15.6. The number of carbonyl (C=O) groups excluding carboxylic acids is 1.